The molecule has 8 heteroatoms. The van der Waals surface area contributed by atoms with Gasteiger partial charge in [0.1, 0.15) is 6.16 Å². The van der Waals surface area contributed by atoms with Crippen molar-refractivity contribution in [2.75, 3.05) is 6.16 Å². The molecule has 0 bridgehead atoms. The first-order chi connectivity index (χ1) is 13.5. The van der Waals surface area contributed by atoms with Gasteiger partial charge in [0.25, 0.3) is 0 Å². The molecule has 0 radical (unpaired) electrons. The van der Waals surface area contributed by atoms with E-state index >= 15 is 0 Å². The Morgan fingerprint density at radius 1 is 0.893 bits per heavy atom. The van der Waals surface area contributed by atoms with Crippen molar-refractivity contribution in [1.82, 2.24) is 9.97 Å². The summed E-state index contributed by atoms with van der Waals surface area (Å²) in [5.41, 5.74) is 4.11. The molecule has 0 aliphatic carbocycles. The number of H-pyrrole nitrogens is 1. The zero-order valence-electron chi connectivity index (χ0n) is 15.1. The first-order valence-corrected chi connectivity index (χ1v) is 10.7. The van der Waals surface area contributed by atoms with Gasteiger partial charge >= 0.3 is 7.60 Å². The molecular formula is C20H21N4O3P+2. The number of aryl methyl sites for hydroxylation is 1. The highest BCUT2D eigenvalue weighted by atomic mass is 31.2. The Bertz CT molecular complexity index is 1100. The number of fused-ring (bicyclic) bond motifs is 1. The Labute approximate surface area is 162 Å². The molecule has 0 unspecified atom stereocenters. The lowest BCUT2D eigenvalue weighted by Crippen LogP contribution is -2.34. The van der Waals surface area contributed by atoms with E-state index in [4.69, 9.17) is 9.79 Å². The minimum Gasteiger partial charge on any atom is -0.337 e. The number of hydrogen-bond donors (Lipinski definition) is 3. The molecule has 0 saturated heterocycles. The van der Waals surface area contributed by atoms with E-state index in [1.165, 1.54) is 0 Å². The van der Waals surface area contributed by atoms with Crippen molar-refractivity contribution in [3.8, 4) is 11.1 Å². The van der Waals surface area contributed by atoms with Gasteiger partial charge in [-0.15, -0.1) is 0 Å². The van der Waals surface area contributed by atoms with Gasteiger partial charge in [0.05, 0.1) is 11.0 Å². The van der Waals surface area contributed by atoms with Crippen molar-refractivity contribution in [2.24, 2.45) is 0 Å². The van der Waals surface area contributed by atoms with Crippen molar-refractivity contribution >= 4 is 18.6 Å². The van der Waals surface area contributed by atoms with Crippen LogP contribution < -0.4 is 9.13 Å². The molecule has 1 aromatic carbocycles. The molecule has 0 atom stereocenters. The van der Waals surface area contributed by atoms with Crippen LogP contribution in [0.2, 0.25) is 0 Å². The number of pyridine rings is 2. The predicted octanol–water partition coefficient (Wildman–Crippen LogP) is 2.03. The van der Waals surface area contributed by atoms with Gasteiger partial charge in [0.15, 0.2) is 37.2 Å². The summed E-state index contributed by atoms with van der Waals surface area (Å²) in [5, 5.41) is 0. The number of nitrogens with one attached hydrogen (secondary N) is 1. The van der Waals surface area contributed by atoms with E-state index in [9.17, 15) is 4.57 Å². The van der Waals surface area contributed by atoms with Crippen LogP contribution in [-0.4, -0.2) is 25.9 Å². The first kappa shape index (κ1) is 18.5. The highest BCUT2D eigenvalue weighted by Crippen LogP contribution is 2.33. The lowest BCUT2D eigenvalue weighted by Gasteiger charge is -2.02. The van der Waals surface area contributed by atoms with E-state index in [2.05, 4.69) is 14.5 Å². The molecule has 0 saturated carbocycles. The number of benzene rings is 1. The van der Waals surface area contributed by atoms with Crippen LogP contribution in [0.5, 0.6) is 0 Å². The van der Waals surface area contributed by atoms with E-state index in [1.54, 1.807) is 4.57 Å². The monoisotopic (exact) mass is 396 g/mol. The predicted molar refractivity (Wildman–Crippen MR) is 104 cm³/mol. The molecule has 0 spiro atoms. The lowest BCUT2D eigenvalue weighted by molar-refractivity contribution is -0.692. The third-order valence-corrected chi connectivity index (χ3v) is 5.32. The standard InChI is InChI=1S/C20H19N4O3P/c25-28(26,27)14-13-23-9-5-16(6-10-23)17-7-11-24(12-8-17)15-20-21-18-3-1-2-4-19(18)22-20/h1-12H,13-15H2,(H-,25,26,27)/p+2. The summed E-state index contributed by atoms with van der Waals surface area (Å²) in [6, 6.07) is 15.9. The average Bonchev–Trinajstić information content (AvgIpc) is 3.09. The summed E-state index contributed by atoms with van der Waals surface area (Å²) in [7, 11) is -3.98. The van der Waals surface area contributed by atoms with Crippen LogP contribution in [0, 0.1) is 0 Å². The maximum Gasteiger partial charge on any atom is 0.331 e. The van der Waals surface area contributed by atoms with Crippen LogP contribution in [0.4, 0.5) is 0 Å². The lowest BCUT2D eigenvalue weighted by atomic mass is 10.1. The van der Waals surface area contributed by atoms with E-state index < -0.39 is 7.60 Å². The first-order valence-electron chi connectivity index (χ1n) is 8.93. The van der Waals surface area contributed by atoms with Gasteiger partial charge in [0.2, 0.25) is 6.54 Å². The molecule has 3 aromatic heterocycles. The number of aromatic nitrogens is 4. The fourth-order valence-electron chi connectivity index (χ4n) is 3.05. The quantitative estimate of drug-likeness (QED) is 0.343. The second kappa shape index (κ2) is 7.64. The summed E-state index contributed by atoms with van der Waals surface area (Å²) in [6.07, 6.45) is 7.53. The topological polar surface area (TPSA) is 94.0 Å². The average molecular weight is 396 g/mol. The molecule has 4 rings (SSSR count). The van der Waals surface area contributed by atoms with Gasteiger partial charge in [-0.25, -0.2) is 9.55 Å². The third-order valence-electron chi connectivity index (χ3n) is 4.54. The summed E-state index contributed by atoms with van der Waals surface area (Å²) < 4.78 is 14.8. The number of rotatable bonds is 6. The summed E-state index contributed by atoms with van der Waals surface area (Å²) in [6.45, 7) is 0.947. The van der Waals surface area contributed by atoms with Gasteiger partial charge in [-0.05, 0) is 23.3 Å². The molecule has 142 valence electrons. The summed E-state index contributed by atoms with van der Waals surface area (Å²) >= 11 is 0. The second-order valence-electron chi connectivity index (χ2n) is 6.67. The minimum absolute atomic E-state index is 0.163. The molecule has 3 heterocycles. The van der Waals surface area contributed by atoms with Crippen LogP contribution in [0.15, 0.2) is 73.3 Å². The maximum absolute atomic E-state index is 11.0. The van der Waals surface area contributed by atoms with Crippen LogP contribution in [0.3, 0.4) is 0 Å². The van der Waals surface area contributed by atoms with E-state index in [0.29, 0.717) is 6.54 Å². The minimum atomic E-state index is -3.98. The van der Waals surface area contributed by atoms with Gasteiger partial charge in [-0.3, -0.25) is 4.57 Å². The summed E-state index contributed by atoms with van der Waals surface area (Å²) in [5.74, 6) is 0.907. The molecule has 4 aromatic rings. The van der Waals surface area contributed by atoms with Crippen LogP contribution in [0.25, 0.3) is 22.2 Å². The van der Waals surface area contributed by atoms with Gasteiger partial charge in [-0.1, -0.05) is 12.1 Å². The second-order valence-corrected chi connectivity index (χ2v) is 8.45. The van der Waals surface area contributed by atoms with Crippen LogP contribution in [0.1, 0.15) is 5.82 Å². The van der Waals surface area contributed by atoms with E-state index in [0.717, 1.165) is 28.0 Å². The Morgan fingerprint density at radius 3 is 2.11 bits per heavy atom. The van der Waals surface area contributed by atoms with E-state index in [-0.39, 0.29) is 12.7 Å². The zero-order chi connectivity index (χ0) is 19.6. The number of nitrogens with zero attached hydrogens (tertiary/aromatic N) is 3. The van der Waals surface area contributed by atoms with Gasteiger partial charge < -0.3 is 14.8 Å². The SMILES string of the molecule is O=P(O)(O)CC[n+]1ccc(-c2cc[n+](Cc3nc4ccccc4[nH]3)cc2)cc1. The van der Waals surface area contributed by atoms with Crippen molar-refractivity contribution in [3.05, 3.63) is 79.1 Å². The Hall–Kier alpha value is -2.86. The Kier molecular flexibility index (Phi) is 5.05. The highest BCUT2D eigenvalue weighted by Gasteiger charge is 2.16. The highest BCUT2D eigenvalue weighted by molar-refractivity contribution is 7.51. The van der Waals surface area contributed by atoms with Gasteiger partial charge in [0, 0.05) is 24.3 Å². The molecule has 0 aliphatic heterocycles. The Balaban J connectivity index is 1.44. The van der Waals surface area contributed by atoms with Crippen molar-refractivity contribution in [3.63, 3.8) is 0 Å². The van der Waals surface area contributed by atoms with E-state index in [1.807, 2.05) is 73.3 Å². The number of para-hydroxylation sites is 2. The smallest absolute Gasteiger partial charge is 0.331 e. The van der Waals surface area contributed by atoms with Crippen LogP contribution in [-0.2, 0) is 17.7 Å². The van der Waals surface area contributed by atoms with Crippen molar-refractivity contribution < 1.29 is 23.5 Å². The van der Waals surface area contributed by atoms with Gasteiger partial charge in [-0.2, -0.15) is 4.57 Å². The molecule has 3 N–H and O–H groups in total. The maximum atomic E-state index is 11.0. The molecule has 0 amide bonds. The Morgan fingerprint density at radius 2 is 1.50 bits per heavy atom. The van der Waals surface area contributed by atoms with Crippen molar-refractivity contribution in [2.45, 2.75) is 13.1 Å². The largest absolute Gasteiger partial charge is 0.337 e. The zero-order valence-corrected chi connectivity index (χ0v) is 16.0. The molecular weight excluding hydrogens is 375 g/mol. The number of aromatic amines is 1. The van der Waals surface area contributed by atoms with Crippen molar-refractivity contribution in [1.29, 1.82) is 0 Å². The summed E-state index contributed by atoms with van der Waals surface area (Å²) in [4.78, 5) is 25.9. The fourth-order valence-corrected chi connectivity index (χ4v) is 3.54. The third kappa shape index (κ3) is 4.51. The van der Waals surface area contributed by atoms with Crippen LogP contribution >= 0.6 is 7.60 Å². The fraction of sp³-hybridized carbons (Fsp3) is 0.150. The molecule has 28 heavy (non-hydrogen) atoms. The number of hydrogen-bond acceptors (Lipinski definition) is 2. The molecule has 0 fully saturated rings. The molecule has 0 aliphatic rings. The molecule has 7 nitrogen and oxygen atoms in total. The number of imidazole rings is 1. The normalized spacial score (nSPS) is 11.8.